The normalized spacial score (nSPS) is 10.1. The molecule has 0 aromatic heterocycles. The van der Waals surface area contributed by atoms with E-state index in [9.17, 15) is 14.9 Å². The number of halogens is 2. The van der Waals surface area contributed by atoms with E-state index < -0.39 is 10.8 Å². The summed E-state index contributed by atoms with van der Waals surface area (Å²) in [6.07, 6.45) is 0. The Bertz CT molecular complexity index is 691. The van der Waals surface area contributed by atoms with Gasteiger partial charge < -0.3 is 5.32 Å². The lowest BCUT2D eigenvalue weighted by Gasteiger charge is -2.07. The second kappa shape index (κ2) is 6.31. The fourth-order valence-corrected chi connectivity index (χ4v) is 2.57. The molecular formula is C13H8BrIN2O3. The van der Waals surface area contributed by atoms with Crippen LogP contribution < -0.4 is 5.32 Å². The second-order valence-corrected chi connectivity index (χ2v) is 5.97. The van der Waals surface area contributed by atoms with Gasteiger partial charge in [0.25, 0.3) is 11.6 Å². The van der Waals surface area contributed by atoms with E-state index >= 15 is 0 Å². The van der Waals surface area contributed by atoms with Gasteiger partial charge in [-0.15, -0.1) is 0 Å². The third kappa shape index (κ3) is 3.54. The van der Waals surface area contributed by atoms with E-state index in [1.54, 1.807) is 12.1 Å². The number of benzene rings is 2. The molecule has 2 aromatic carbocycles. The van der Waals surface area contributed by atoms with Crippen molar-refractivity contribution in [3.8, 4) is 0 Å². The Morgan fingerprint density at radius 2 is 1.95 bits per heavy atom. The number of nitrogens with one attached hydrogen (secondary N) is 1. The molecule has 0 unspecified atom stereocenters. The van der Waals surface area contributed by atoms with Crippen molar-refractivity contribution in [1.29, 1.82) is 0 Å². The predicted octanol–water partition coefficient (Wildman–Crippen LogP) is 4.21. The smallest absolute Gasteiger partial charge is 0.271 e. The molecule has 0 aliphatic heterocycles. The molecule has 2 aromatic rings. The summed E-state index contributed by atoms with van der Waals surface area (Å²) in [5.41, 5.74) is 0.763. The van der Waals surface area contributed by atoms with E-state index in [-0.39, 0.29) is 11.3 Å². The Hall–Kier alpha value is -1.48. The van der Waals surface area contributed by atoms with Crippen molar-refractivity contribution in [2.75, 3.05) is 5.32 Å². The van der Waals surface area contributed by atoms with Gasteiger partial charge in [0.05, 0.1) is 10.6 Å². The Morgan fingerprint density at radius 1 is 1.25 bits per heavy atom. The van der Waals surface area contributed by atoms with Crippen LogP contribution in [0.5, 0.6) is 0 Å². The lowest BCUT2D eigenvalue weighted by atomic mass is 10.2. The number of anilines is 1. The fraction of sp³-hybridized carbons (Fsp3) is 0. The highest BCUT2D eigenvalue weighted by Gasteiger charge is 2.14. The largest absolute Gasteiger partial charge is 0.321 e. The SMILES string of the molecule is O=C(Nc1ccccc1I)c1cc(Br)cc([N+](=O)[O-])c1. The molecular weight excluding hydrogens is 439 g/mol. The van der Waals surface area contributed by atoms with Crippen molar-refractivity contribution < 1.29 is 9.72 Å². The molecule has 0 heterocycles. The van der Waals surface area contributed by atoms with Gasteiger partial charge in [-0.2, -0.15) is 0 Å². The highest BCUT2D eigenvalue weighted by Crippen LogP contribution is 2.23. The molecule has 20 heavy (non-hydrogen) atoms. The summed E-state index contributed by atoms with van der Waals surface area (Å²) < 4.78 is 1.38. The minimum atomic E-state index is -0.534. The highest BCUT2D eigenvalue weighted by molar-refractivity contribution is 14.1. The number of hydrogen-bond acceptors (Lipinski definition) is 3. The Kier molecular flexibility index (Phi) is 4.71. The van der Waals surface area contributed by atoms with Crippen LogP contribution in [-0.2, 0) is 0 Å². The van der Waals surface area contributed by atoms with E-state index in [2.05, 4.69) is 43.8 Å². The number of para-hydroxylation sites is 1. The van der Waals surface area contributed by atoms with Gasteiger partial charge in [0.2, 0.25) is 0 Å². The first kappa shape index (κ1) is 14.9. The number of carbonyl (C=O) groups excluding carboxylic acids is 1. The van der Waals surface area contributed by atoms with E-state index in [4.69, 9.17) is 0 Å². The average molecular weight is 447 g/mol. The summed E-state index contributed by atoms with van der Waals surface area (Å²) in [6, 6.07) is 11.4. The zero-order valence-electron chi connectivity index (χ0n) is 9.97. The number of rotatable bonds is 3. The van der Waals surface area contributed by atoms with Crippen LogP contribution in [-0.4, -0.2) is 10.8 Å². The summed E-state index contributed by atoms with van der Waals surface area (Å²) in [6.45, 7) is 0. The summed E-state index contributed by atoms with van der Waals surface area (Å²) in [7, 11) is 0. The standard InChI is InChI=1S/C13H8BrIN2O3/c14-9-5-8(6-10(7-9)17(19)20)13(18)16-12-4-2-1-3-11(12)15/h1-7H,(H,16,18). The summed E-state index contributed by atoms with van der Waals surface area (Å²) >= 11 is 5.27. The van der Waals surface area contributed by atoms with E-state index in [0.29, 0.717) is 10.2 Å². The summed E-state index contributed by atoms with van der Waals surface area (Å²) in [5, 5.41) is 13.5. The molecule has 5 nitrogen and oxygen atoms in total. The maximum Gasteiger partial charge on any atom is 0.271 e. The van der Waals surface area contributed by atoms with Crippen LogP contribution in [0.15, 0.2) is 46.9 Å². The number of nitro groups is 1. The Balaban J connectivity index is 2.30. The second-order valence-electron chi connectivity index (χ2n) is 3.89. The first-order chi connectivity index (χ1) is 9.47. The molecule has 2 rings (SSSR count). The topological polar surface area (TPSA) is 72.2 Å². The van der Waals surface area contributed by atoms with Crippen LogP contribution >= 0.6 is 38.5 Å². The van der Waals surface area contributed by atoms with Crippen LogP contribution in [0.3, 0.4) is 0 Å². The monoisotopic (exact) mass is 446 g/mol. The van der Waals surface area contributed by atoms with Crippen molar-refractivity contribution in [1.82, 2.24) is 0 Å². The molecule has 0 fully saturated rings. The quantitative estimate of drug-likeness (QED) is 0.436. The summed E-state index contributed by atoms with van der Waals surface area (Å²) in [4.78, 5) is 22.4. The molecule has 0 radical (unpaired) electrons. The van der Waals surface area contributed by atoms with Crippen molar-refractivity contribution in [3.05, 3.63) is 66.2 Å². The van der Waals surface area contributed by atoms with Crippen molar-refractivity contribution in [3.63, 3.8) is 0 Å². The lowest BCUT2D eigenvalue weighted by Crippen LogP contribution is -2.13. The van der Waals surface area contributed by atoms with Gasteiger partial charge in [0.1, 0.15) is 0 Å². The van der Waals surface area contributed by atoms with Crippen LogP contribution in [0, 0.1) is 13.7 Å². The van der Waals surface area contributed by atoms with E-state index in [1.807, 2.05) is 12.1 Å². The molecule has 0 saturated carbocycles. The first-order valence-corrected chi connectivity index (χ1v) is 7.35. The van der Waals surface area contributed by atoms with Gasteiger partial charge in [-0.05, 0) is 40.8 Å². The van der Waals surface area contributed by atoms with Gasteiger partial charge >= 0.3 is 0 Å². The van der Waals surface area contributed by atoms with Crippen molar-refractivity contribution in [2.24, 2.45) is 0 Å². The molecule has 102 valence electrons. The minimum Gasteiger partial charge on any atom is -0.321 e. The molecule has 1 N–H and O–H groups in total. The van der Waals surface area contributed by atoms with Gasteiger partial charge in [0.15, 0.2) is 0 Å². The van der Waals surface area contributed by atoms with Crippen LogP contribution in [0.2, 0.25) is 0 Å². The molecule has 0 atom stereocenters. The lowest BCUT2D eigenvalue weighted by molar-refractivity contribution is -0.384. The van der Waals surface area contributed by atoms with Gasteiger partial charge in [-0.1, -0.05) is 28.1 Å². The fourth-order valence-electron chi connectivity index (χ4n) is 1.57. The van der Waals surface area contributed by atoms with Gasteiger partial charge in [0, 0.05) is 25.7 Å². The average Bonchev–Trinajstić information content (AvgIpc) is 2.40. The van der Waals surface area contributed by atoms with E-state index in [1.165, 1.54) is 18.2 Å². The number of non-ortho nitro benzene ring substituents is 1. The van der Waals surface area contributed by atoms with Crippen LogP contribution in [0.25, 0.3) is 0 Å². The molecule has 0 aliphatic carbocycles. The molecule has 0 aliphatic rings. The summed E-state index contributed by atoms with van der Waals surface area (Å²) in [5.74, 6) is -0.390. The highest BCUT2D eigenvalue weighted by atomic mass is 127. The minimum absolute atomic E-state index is 0.132. The van der Waals surface area contributed by atoms with E-state index in [0.717, 1.165) is 3.57 Å². The van der Waals surface area contributed by atoms with Gasteiger partial charge in [-0.25, -0.2) is 0 Å². The molecule has 0 saturated heterocycles. The predicted molar refractivity (Wildman–Crippen MR) is 87.9 cm³/mol. The van der Waals surface area contributed by atoms with Crippen molar-refractivity contribution >= 4 is 55.8 Å². The third-order valence-corrected chi connectivity index (χ3v) is 3.88. The number of nitrogens with zero attached hydrogens (tertiary/aromatic N) is 1. The molecule has 0 spiro atoms. The van der Waals surface area contributed by atoms with Crippen LogP contribution in [0.4, 0.5) is 11.4 Å². The molecule has 0 bridgehead atoms. The number of nitro benzene ring substituents is 1. The number of carbonyl (C=O) groups is 1. The Labute approximate surface area is 136 Å². The number of hydrogen-bond donors (Lipinski definition) is 1. The zero-order chi connectivity index (χ0) is 14.7. The van der Waals surface area contributed by atoms with Crippen LogP contribution in [0.1, 0.15) is 10.4 Å². The maximum atomic E-state index is 12.1. The van der Waals surface area contributed by atoms with Gasteiger partial charge in [-0.3, -0.25) is 14.9 Å². The Morgan fingerprint density at radius 3 is 2.60 bits per heavy atom. The molecule has 1 amide bonds. The zero-order valence-corrected chi connectivity index (χ0v) is 13.7. The third-order valence-electron chi connectivity index (χ3n) is 2.48. The van der Waals surface area contributed by atoms with Crippen molar-refractivity contribution in [2.45, 2.75) is 0 Å². The molecule has 7 heteroatoms. The first-order valence-electron chi connectivity index (χ1n) is 5.48. The number of amides is 1. The maximum absolute atomic E-state index is 12.1.